The zero-order valence-electron chi connectivity index (χ0n) is 9.30. The molecule has 1 unspecified atom stereocenters. The van der Waals surface area contributed by atoms with Crippen molar-refractivity contribution < 1.29 is 9.53 Å². The van der Waals surface area contributed by atoms with Crippen LogP contribution in [0.4, 0.5) is 0 Å². The van der Waals surface area contributed by atoms with Crippen molar-refractivity contribution in [1.29, 1.82) is 0 Å². The Kier molecular flexibility index (Phi) is 6.25. The Morgan fingerprint density at radius 1 is 1.53 bits per heavy atom. The third-order valence-electron chi connectivity index (χ3n) is 2.70. The zero-order valence-corrected chi connectivity index (χ0v) is 10.9. The highest BCUT2D eigenvalue weighted by atomic mass is 79.9. The van der Waals surface area contributed by atoms with Gasteiger partial charge in [0.05, 0.1) is 17.5 Å². The molecule has 0 aromatic carbocycles. The second-order valence-electron chi connectivity index (χ2n) is 3.94. The van der Waals surface area contributed by atoms with E-state index in [9.17, 15) is 4.79 Å². The minimum atomic E-state index is -0.0658. The van der Waals surface area contributed by atoms with Gasteiger partial charge in [0.1, 0.15) is 0 Å². The molecule has 1 rings (SSSR count). The topological polar surface area (TPSA) is 38.3 Å². The summed E-state index contributed by atoms with van der Waals surface area (Å²) < 4.78 is 5.64. The van der Waals surface area contributed by atoms with E-state index in [1.165, 1.54) is 25.7 Å². The molecule has 1 atom stereocenters. The van der Waals surface area contributed by atoms with Crippen LogP contribution in [0.15, 0.2) is 0 Å². The number of ether oxygens (including phenoxy) is 1. The molecule has 88 valence electrons. The lowest BCUT2D eigenvalue weighted by molar-refractivity contribution is -0.120. The molecule has 0 spiro atoms. The summed E-state index contributed by atoms with van der Waals surface area (Å²) in [4.78, 5) is 11.3. The lowest BCUT2D eigenvalue weighted by Crippen LogP contribution is -2.33. The molecular formula is C11H20BrNO2. The van der Waals surface area contributed by atoms with Crippen molar-refractivity contribution in [2.24, 2.45) is 0 Å². The Morgan fingerprint density at radius 2 is 2.20 bits per heavy atom. The average Bonchev–Trinajstić information content (AvgIpc) is 2.75. The normalized spacial score (nSPS) is 19.1. The summed E-state index contributed by atoms with van der Waals surface area (Å²) in [5.74, 6) is 0.0625. The van der Waals surface area contributed by atoms with E-state index in [0.717, 1.165) is 6.42 Å². The molecule has 0 radical (unpaired) electrons. The quantitative estimate of drug-likeness (QED) is 0.597. The first-order valence-corrected chi connectivity index (χ1v) is 6.69. The number of rotatable bonds is 6. The Balaban J connectivity index is 1.98. The summed E-state index contributed by atoms with van der Waals surface area (Å²) in [6, 6.07) is 0. The summed E-state index contributed by atoms with van der Waals surface area (Å²) in [7, 11) is 0. The van der Waals surface area contributed by atoms with E-state index >= 15 is 0 Å². The van der Waals surface area contributed by atoms with Gasteiger partial charge in [0.2, 0.25) is 5.91 Å². The Bertz CT molecular complexity index is 193. The number of halogens is 1. The molecule has 1 fully saturated rings. The van der Waals surface area contributed by atoms with Crippen molar-refractivity contribution >= 4 is 21.8 Å². The van der Waals surface area contributed by atoms with E-state index in [1.807, 2.05) is 6.92 Å². The van der Waals surface area contributed by atoms with Gasteiger partial charge in [0.15, 0.2) is 0 Å². The smallest absolute Gasteiger partial charge is 0.233 e. The van der Waals surface area contributed by atoms with Crippen LogP contribution < -0.4 is 5.32 Å². The fourth-order valence-corrected chi connectivity index (χ4v) is 1.91. The van der Waals surface area contributed by atoms with Gasteiger partial charge in [-0.1, -0.05) is 35.7 Å². The number of amides is 1. The maximum Gasteiger partial charge on any atom is 0.233 e. The minimum Gasteiger partial charge on any atom is -0.376 e. The first-order valence-electron chi connectivity index (χ1n) is 5.77. The summed E-state index contributed by atoms with van der Waals surface area (Å²) in [5.41, 5.74) is 0. The Labute approximate surface area is 100 Å². The highest BCUT2D eigenvalue weighted by Gasteiger charge is 2.15. The molecule has 1 N–H and O–H groups in total. The van der Waals surface area contributed by atoms with Crippen LogP contribution in [0.25, 0.3) is 0 Å². The molecule has 1 amide bonds. The van der Waals surface area contributed by atoms with Crippen molar-refractivity contribution in [3.63, 3.8) is 0 Å². The Hall–Kier alpha value is -0.0900. The fourth-order valence-electron chi connectivity index (χ4n) is 1.75. The highest BCUT2D eigenvalue weighted by molar-refractivity contribution is 9.10. The molecule has 0 bridgehead atoms. The molecule has 1 saturated carbocycles. The van der Waals surface area contributed by atoms with E-state index in [2.05, 4.69) is 21.2 Å². The van der Waals surface area contributed by atoms with Crippen LogP contribution in [0.1, 0.15) is 39.0 Å². The number of nitrogens with one attached hydrogen (secondary N) is 1. The average molecular weight is 278 g/mol. The van der Waals surface area contributed by atoms with Crippen molar-refractivity contribution in [2.75, 3.05) is 13.2 Å². The molecule has 0 aromatic rings. The van der Waals surface area contributed by atoms with Crippen molar-refractivity contribution in [3.05, 3.63) is 0 Å². The molecule has 3 nitrogen and oxygen atoms in total. The van der Waals surface area contributed by atoms with Crippen molar-refractivity contribution in [1.82, 2.24) is 5.32 Å². The van der Waals surface area contributed by atoms with Crippen molar-refractivity contribution in [2.45, 2.75) is 50.0 Å². The van der Waals surface area contributed by atoms with Crippen LogP contribution >= 0.6 is 15.9 Å². The first kappa shape index (κ1) is 13.0. The van der Waals surface area contributed by atoms with E-state index in [1.54, 1.807) is 0 Å². The van der Waals surface area contributed by atoms with Gasteiger partial charge < -0.3 is 10.1 Å². The van der Waals surface area contributed by atoms with Gasteiger partial charge in [-0.05, 0) is 19.3 Å². The second kappa shape index (κ2) is 7.23. The second-order valence-corrected chi connectivity index (χ2v) is 5.05. The van der Waals surface area contributed by atoms with Crippen LogP contribution in [0.3, 0.4) is 0 Å². The van der Waals surface area contributed by atoms with Gasteiger partial charge >= 0.3 is 0 Å². The van der Waals surface area contributed by atoms with Gasteiger partial charge in [0, 0.05) is 6.54 Å². The maximum absolute atomic E-state index is 11.4. The number of hydrogen-bond acceptors (Lipinski definition) is 2. The number of hydrogen-bond donors (Lipinski definition) is 1. The van der Waals surface area contributed by atoms with E-state index in [4.69, 9.17) is 4.74 Å². The largest absolute Gasteiger partial charge is 0.376 e. The SMILES string of the molecule is CCC(Br)C(=O)NCCOC1CCCC1. The lowest BCUT2D eigenvalue weighted by Gasteiger charge is -2.12. The van der Waals surface area contributed by atoms with E-state index in [0.29, 0.717) is 19.3 Å². The van der Waals surface area contributed by atoms with Crippen molar-refractivity contribution in [3.8, 4) is 0 Å². The summed E-state index contributed by atoms with van der Waals surface area (Å²) in [6.07, 6.45) is 6.20. The molecule has 1 aliphatic rings. The number of carbonyl (C=O) groups excluding carboxylic acids is 1. The summed E-state index contributed by atoms with van der Waals surface area (Å²) in [5, 5.41) is 2.85. The predicted molar refractivity (Wildman–Crippen MR) is 64.2 cm³/mol. The number of carbonyl (C=O) groups is 1. The molecule has 0 aromatic heterocycles. The molecule has 4 heteroatoms. The highest BCUT2D eigenvalue weighted by Crippen LogP contribution is 2.20. The lowest BCUT2D eigenvalue weighted by atomic mass is 10.3. The third-order valence-corrected chi connectivity index (χ3v) is 3.76. The van der Waals surface area contributed by atoms with Gasteiger partial charge in [-0.3, -0.25) is 4.79 Å². The minimum absolute atomic E-state index is 0.0625. The van der Waals surface area contributed by atoms with Gasteiger partial charge in [-0.15, -0.1) is 0 Å². The van der Waals surface area contributed by atoms with Gasteiger partial charge in [-0.25, -0.2) is 0 Å². The summed E-state index contributed by atoms with van der Waals surface area (Å²) in [6.45, 7) is 3.24. The van der Waals surface area contributed by atoms with Crippen LogP contribution in [-0.4, -0.2) is 30.0 Å². The monoisotopic (exact) mass is 277 g/mol. The fraction of sp³-hybridized carbons (Fsp3) is 0.909. The van der Waals surface area contributed by atoms with E-state index in [-0.39, 0.29) is 10.7 Å². The molecule has 1 aliphatic carbocycles. The molecular weight excluding hydrogens is 258 g/mol. The van der Waals surface area contributed by atoms with Crippen LogP contribution in [0.5, 0.6) is 0 Å². The van der Waals surface area contributed by atoms with Gasteiger partial charge in [-0.2, -0.15) is 0 Å². The maximum atomic E-state index is 11.4. The van der Waals surface area contributed by atoms with Crippen LogP contribution in [0.2, 0.25) is 0 Å². The first-order chi connectivity index (χ1) is 7.24. The Morgan fingerprint density at radius 3 is 2.80 bits per heavy atom. The van der Waals surface area contributed by atoms with Crippen LogP contribution in [-0.2, 0) is 9.53 Å². The predicted octanol–water partition coefficient (Wildman–Crippen LogP) is 2.24. The zero-order chi connectivity index (χ0) is 11.1. The number of alkyl halides is 1. The summed E-state index contributed by atoms with van der Waals surface area (Å²) >= 11 is 3.31. The molecule has 15 heavy (non-hydrogen) atoms. The third kappa shape index (κ3) is 4.98. The van der Waals surface area contributed by atoms with Gasteiger partial charge in [0.25, 0.3) is 0 Å². The van der Waals surface area contributed by atoms with E-state index < -0.39 is 0 Å². The molecule has 0 saturated heterocycles. The van der Waals surface area contributed by atoms with Crippen LogP contribution in [0, 0.1) is 0 Å². The molecule has 0 aliphatic heterocycles. The standard InChI is InChI=1S/C11H20BrNO2/c1-2-10(12)11(14)13-7-8-15-9-5-3-4-6-9/h9-10H,2-8H2,1H3,(H,13,14). The molecule has 0 heterocycles.